The maximum Gasteiger partial charge on any atom is 0.469 e. The first kappa shape index (κ1) is 48.0. The van der Waals surface area contributed by atoms with E-state index in [4.69, 9.17) is 19.3 Å². The highest BCUT2D eigenvalue weighted by atomic mass is 31.2. The lowest BCUT2D eigenvalue weighted by molar-refractivity contribution is -0.161. The molecule has 0 aliphatic heterocycles. The standard InChI is InChI=1S/C40H71O9P/c1-4-36(3)30-26-22-18-14-12-13-17-21-25-29-33-40(43)49-38(35-48-50(44,45)46)34-47-39(42)32-28-24-20-16-11-9-7-6-8-10-15-19-23-27-31-37(41)5-2/h7-10,16,19-20,23,36-38,41H,4-6,11-15,17-18,21-22,24-35H2,1-3H3,(H2,44,45,46)/b9-7-,10-8-,20-16-,23-19-/t36?,37-,38+/m0/s1. The Hall–Kier alpha value is -2.03. The Balaban J connectivity index is 4.08. The van der Waals surface area contributed by atoms with Crippen LogP contribution in [0.5, 0.6) is 0 Å². The molecule has 0 aromatic carbocycles. The number of hydrogen-bond donors (Lipinski definition) is 3. The summed E-state index contributed by atoms with van der Waals surface area (Å²) in [4.78, 5) is 42.7. The van der Waals surface area contributed by atoms with E-state index >= 15 is 0 Å². The Morgan fingerprint density at radius 1 is 0.620 bits per heavy atom. The molecule has 0 aromatic heterocycles. The lowest BCUT2D eigenvalue weighted by Gasteiger charge is -2.18. The van der Waals surface area contributed by atoms with Crippen molar-refractivity contribution in [3.63, 3.8) is 0 Å². The molecule has 0 rings (SSSR count). The third-order valence-corrected chi connectivity index (χ3v) is 9.04. The van der Waals surface area contributed by atoms with Crippen molar-refractivity contribution < 1.29 is 43.0 Å². The van der Waals surface area contributed by atoms with E-state index in [9.17, 15) is 19.3 Å². The number of carbonyl (C=O) groups excluding carboxylic acids is 2. The molecule has 0 aliphatic rings. The fraction of sp³-hybridized carbons (Fsp3) is 0.750. The van der Waals surface area contributed by atoms with E-state index in [1.54, 1.807) is 0 Å². The summed E-state index contributed by atoms with van der Waals surface area (Å²) >= 11 is 0. The minimum atomic E-state index is -4.77. The summed E-state index contributed by atoms with van der Waals surface area (Å²) in [5, 5.41) is 9.53. The number of hydrogen-bond acceptors (Lipinski definition) is 7. The molecule has 1 unspecified atom stereocenters. The number of carbonyl (C=O) groups is 2. The number of rotatable bonds is 34. The average molecular weight is 727 g/mol. The van der Waals surface area contributed by atoms with Crippen molar-refractivity contribution in [1.29, 1.82) is 0 Å². The van der Waals surface area contributed by atoms with Gasteiger partial charge in [-0.15, -0.1) is 0 Å². The van der Waals surface area contributed by atoms with Gasteiger partial charge in [-0.2, -0.15) is 0 Å². The number of phosphoric acid groups is 1. The Bertz CT molecular complexity index is 985. The van der Waals surface area contributed by atoms with Crippen LogP contribution in [-0.2, 0) is 28.2 Å². The second kappa shape index (κ2) is 34.1. The van der Waals surface area contributed by atoms with Crippen molar-refractivity contribution >= 4 is 19.8 Å². The van der Waals surface area contributed by atoms with Crippen LogP contribution >= 0.6 is 7.82 Å². The van der Waals surface area contributed by atoms with Crippen molar-refractivity contribution in [3.8, 4) is 0 Å². The van der Waals surface area contributed by atoms with Crippen LogP contribution in [0.2, 0.25) is 0 Å². The summed E-state index contributed by atoms with van der Waals surface area (Å²) in [6.07, 6.45) is 36.4. The highest BCUT2D eigenvalue weighted by Crippen LogP contribution is 2.36. The van der Waals surface area contributed by atoms with Crippen molar-refractivity contribution in [2.75, 3.05) is 13.2 Å². The summed E-state index contributed by atoms with van der Waals surface area (Å²) in [7, 11) is -4.77. The Kier molecular flexibility index (Phi) is 32.7. The molecular formula is C40H71O9P. The van der Waals surface area contributed by atoms with Gasteiger partial charge in [-0.05, 0) is 63.7 Å². The van der Waals surface area contributed by atoms with Gasteiger partial charge in [0.1, 0.15) is 6.61 Å². The molecule has 290 valence electrons. The number of phosphoric ester groups is 1. The quantitative estimate of drug-likeness (QED) is 0.0256. The van der Waals surface area contributed by atoms with Crippen molar-refractivity contribution in [1.82, 2.24) is 0 Å². The smallest absolute Gasteiger partial charge is 0.462 e. The summed E-state index contributed by atoms with van der Waals surface area (Å²) in [6, 6.07) is 0. The van der Waals surface area contributed by atoms with Crippen LogP contribution in [0.15, 0.2) is 48.6 Å². The molecule has 0 bridgehead atoms. The van der Waals surface area contributed by atoms with Gasteiger partial charge in [0.05, 0.1) is 12.7 Å². The third-order valence-electron chi connectivity index (χ3n) is 8.55. The number of allylic oxidation sites excluding steroid dienone is 8. The molecule has 0 aromatic rings. The van der Waals surface area contributed by atoms with Gasteiger partial charge in [0.15, 0.2) is 6.10 Å². The van der Waals surface area contributed by atoms with Crippen LogP contribution in [-0.4, -0.2) is 52.3 Å². The van der Waals surface area contributed by atoms with Crippen LogP contribution < -0.4 is 0 Å². The molecule has 3 atom stereocenters. The monoisotopic (exact) mass is 726 g/mol. The molecule has 0 amide bonds. The van der Waals surface area contributed by atoms with Crippen LogP contribution in [0.4, 0.5) is 0 Å². The molecule has 0 heterocycles. The first-order chi connectivity index (χ1) is 24.1. The van der Waals surface area contributed by atoms with E-state index in [1.165, 1.54) is 51.4 Å². The molecule has 9 nitrogen and oxygen atoms in total. The molecule has 3 N–H and O–H groups in total. The number of unbranched alkanes of at least 4 members (excludes halogenated alkanes) is 10. The predicted molar refractivity (Wildman–Crippen MR) is 203 cm³/mol. The van der Waals surface area contributed by atoms with Gasteiger partial charge < -0.3 is 24.4 Å². The van der Waals surface area contributed by atoms with Crippen molar-refractivity contribution in [2.24, 2.45) is 5.92 Å². The molecule has 0 saturated heterocycles. The number of aliphatic hydroxyl groups is 1. The van der Waals surface area contributed by atoms with E-state index in [1.807, 2.05) is 19.1 Å². The Morgan fingerprint density at radius 2 is 1.12 bits per heavy atom. The topological polar surface area (TPSA) is 140 Å². The fourth-order valence-electron chi connectivity index (χ4n) is 5.09. The molecule has 10 heteroatoms. The first-order valence-electron chi connectivity index (χ1n) is 19.4. The van der Waals surface area contributed by atoms with Gasteiger partial charge in [0, 0.05) is 12.8 Å². The zero-order valence-electron chi connectivity index (χ0n) is 31.6. The van der Waals surface area contributed by atoms with Gasteiger partial charge in [-0.3, -0.25) is 14.1 Å². The molecule has 0 spiro atoms. The molecule has 0 fully saturated rings. The lowest BCUT2D eigenvalue weighted by atomic mass is 9.99. The average Bonchev–Trinajstić information content (AvgIpc) is 3.08. The minimum Gasteiger partial charge on any atom is -0.462 e. The van der Waals surface area contributed by atoms with E-state index in [0.717, 1.165) is 63.7 Å². The van der Waals surface area contributed by atoms with Crippen molar-refractivity contribution in [2.45, 2.75) is 174 Å². The van der Waals surface area contributed by atoms with Crippen LogP contribution in [0.25, 0.3) is 0 Å². The van der Waals surface area contributed by atoms with Gasteiger partial charge >= 0.3 is 19.8 Å². The fourth-order valence-corrected chi connectivity index (χ4v) is 5.45. The molecule has 0 radical (unpaired) electrons. The number of esters is 2. The van der Waals surface area contributed by atoms with Crippen LogP contribution in [0.1, 0.15) is 162 Å². The minimum absolute atomic E-state index is 0.177. The number of aliphatic hydroxyl groups excluding tert-OH is 1. The summed E-state index contributed by atoms with van der Waals surface area (Å²) in [5.41, 5.74) is 0. The highest BCUT2D eigenvalue weighted by Gasteiger charge is 2.22. The second-order valence-corrected chi connectivity index (χ2v) is 14.5. The maximum absolute atomic E-state index is 12.4. The normalized spacial score (nSPS) is 14.3. The van der Waals surface area contributed by atoms with E-state index in [-0.39, 0.29) is 25.6 Å². The number of ether oxygens (including phenoxy) is 2. The van der Waals surface area contributed by atoms with Gasteiger partial charge in [0.25, 0.3) is 0 Å². The van der Waals surface area contributed by atoms with E-state index < -0.39 is 32.5 Å². The van der Waals surface area contributed by atoms with E-state index in [0.29, 0.717) is 19.3 Å². The van der Waals surface area contributed by atoms with Crippen molar-refractivity contribution in [3.05, 3.63) is 48.6 Å². The van der Waals surface area contributed by atoms with Gasteiger partial charge in [0.2, 0.25) is 0 Å². The molecular weight excluding hydrogens is 655 g/mol. The summed E-state index contributed by atoms with van der Waals surface area (Å²) < 4.78 is 26.3. The van der Waals surface area contributed by atoms with Gasteiger partial charge in [-0.25, -0.2) is 4.57 Å². The molecule has 50 heavy (non-hydrogen) atoms. The maximum atomic E-state index is 12.4. The van der Waals surface area contributed by atoms with Crippen LogP contribution in [0.3, 0.4) is 0 Å². The van der Waals surface area contributed by atoms with Crippen LogP contribution in [0, 0.1) is 5.92 Å². The zero-order chi connectivity index (χ0) is 37.1. The molecule has 0 aliphatic carbocycles. The summed E-state index contributed by atoms with van der Waals surface area (Å²) in [6.45, 7) is 5.68. The predicted octanol–water partition coefficient (Wildman–Crippen LogP) is 10.4. The first-order valence-corrected chi connectivity index (χ1v) is 20.9. The lowest BCUT2D eigenvalue weighted by Crippen LogP contribution is -2.29. The Labute approximate surface area is 304 Å². The Morgan fingerprint density at radius 3 is 1.66 bits per heavy atom. The third kappa shape index (κ3) is 35.8. The molecule has 0 saturated carbocycles. The summed E-state index contributed by atoms with van der Waals surface area (Å²) in [5.74, 6) is -0.130. The zero-order valence-corrected chi connectivity index (χ0v) is 32.5. The SMILES string of the molecule is CCC(C)CCCCCCCCCCCCC(=O)O[C@H](COC(=O)CCC/C=C\C/C=C\C/C=C\C/C=C\CC[C@@H](O)CC)COP(=O)(O)O. The van der Waals surface area contributed by atoms with E-state index in [2.05, 4.69) is 54.8 Å². The second-order valence-electron chi connectivity index (χ2n) is 13.3. The highest BCUT2D eigenvalue weighted by molar-refractivity contribution is 7.46. The largest absolute Gasteiger partial charge is 0.469 e. The van der Waals surface area contributed by atoms with Gasteiger partial charge in [-0.1, -0.05) is 140 Å².